The molecule has 0 rings (SSSR count). The van der Waals surface area contributed by atoms with Crippen molar-refractivity contribution in [3.05, 3.63) is 0 Å². The van der Waals surface area contributed by atoms with Crippen molar-refractivity contribution in [2.24, 2.45) is 5.14 Å². The van der Waals surface area contributed by atoms with Gasteiger partial charge in [0.25, 0.3) is 0 Å². The molecule has 0 saturated carbocycles. The summed E-state index contributed by atoms with van der Waals surface area (Å²) in [5.74, 6) is 0. The molecule has 0 aromatic heterocycles. The average Bonchev–Trinajstić information content (AvgIpc) is 1.31. The Hall–Kier alpha value is -0.160. The predicted molar refractivity (Wildman–Crippen MR) is 23.7 cm³/mol. The van der Waals surface area contributed by atoms with Gasteiger partial charge >= 0.3 is 0 Å². The smallest absolute Gasteiger partial charge is 0.229 e. The van der Waals surface area contributed by atoms with E-state index in [1.807, 2.05) is 0 Å². The Labute approximate surface area is 41.4 Å². The van der Waals surface area contributed by atoms with E-state index in [0.717, 1.165) is 6.92 Å². The van der Waals surface area contributed by atoms with Gasteiger partial charge in [0.15, 0.2) is 0 Å². The molecular weight excluding hydrogens is 121 g/mol. The first-order chi connectivity index (χ1) is 2.94. The van der Waals surface area contributed by atoms with Crippen molar-refractivity contribution in [1.82, 2.24) is 0 Å². The third-order valence-corrected chi connectivity index (χ3v) is 1.36. The number of hydrogen-bond acceptors (Lipinski definition) is 2. The molecule has 0 aliphatic rings. The summed E-state index contributed by atoms with van der Waals surface area (Å²) in [6.45, 7) is 0.870. The minimum atomic E-state index is -3.91. The minimum absolute atomic E-state index is 0.870. The van der Waals surface area contributed by atoms with Gasteiger partial charge in [-0.2, -0.15) is 0 Å². The summed E-state index contributed by atoms with van der Waals surface area (Å²) in [5.41, 5.74) is -1.95. The highest BCUT2D eigenvalue weighted by Crippen LogP contribution is 1.92. The fraction of sp³-hybridized carbons (Fsp3) is 1.00. The van der Waals surface area contributed by atoms with Crippen molar-refractivity contribution < 1.29 is 12.8 Å². The third kappa shape index (κ3) is 2.52. The number of rotatable bonds is 1. The molecule has 0 saturated heterocycles. The van der Waals surface area contributed by atoms with Crippen LogP contribution >= 0.6 is 0 Å². The zero-order valence-corrected chi connectivity index (χ0v) is 4.57. The van der Waals surface area contributed by atoms with E-state index in [1.54, 1.807) is 0 Å². The van der Waals surface area contributed by atoms with Gasteiger partial charge in [0, 0.05) is 0 Å². The van der Waals surface area contributed by atoms with Gasteiger partial charge in [0.2, 0.25) is 15.5 Å². The molecule has 7 heavy (non-hydrogen) atoms. The highest BCUT2D eigenvalue weighted by molar-refractivity contribution is 7.89. The summed E-state index contributed by atoms with van der Waals surface area (Å²) in [5, 5.41) is 4.28. The van der Waals surface area contributed by atoms with Crippen LogP contribution in [-0.4, -0.2) is 13.9 Å². The maximum atomic E-state index is 11.5. The molecule has 0 aliphatic heterocycles. The van der Waals surface area contributed by atoms with E-state index in [2.05, 4.69) is 5.14 Å². The molecule has 0 bridgehead atoms. The third-order valence-electron chi connectivity index (χ3n) is 0.453. The second-order valence-electron chi connectivity index (χ2n) is 1.13. The average molecular weight is 127 g/mol. The Kier molecular flexibility index (Phi) is 1.71. The van der Waals surface area contributed by atoms with Crippen LogP contribution in [0.4, 0.5) is 4.39 Å². The summed E-state index contributed by atoms with van der Waals surface area (Å²) < 4.78 is 31.0. The lowest BCUT2D eigenvalue weighted by Gasteiger charge is -1.92. The van der Waals surface area contributed by atoms with Gasteiger partial charge in [-0.15, -0.1) is 0 Å². The van der Waals surface area contributed by atoms with Gasteiger partial charge in [0.05, 0.1) is 0 Å². The van der Waals surface area contributed by atoms with Crippen molar-refractivity contribution in [1.29, 1.82) is 0 Å². The molecule has 5 heteroatoms. The zero-order chi connectivity index (χ0) is 6.08. The summed E-state index contributed by atoms with van der Waals surface area (Å²) in [4.78, 5) is 0. The molecule has 0 aromatic rings. The lowest BCUT2D eigenvalue weighted by atomic mass is 10.9. The van der Waals surface area contributed by atoms with Gasteiger partial charge in [-0.25, -0.2) is 17.9 Å². The van der Waals surface area contributed by atoms with E-state index >= 15 is 0 Å². The van der Waals surface area contributed by atoms with E-state index in [4.69, 9.17) is 0 Å². The highest BCUT2D eigenvalue weighted by atomic mass is 32.2. The number of alkyl halides is 1. The van der Waals surface area contributed by atoms with Crippen molar-refractivity contribution in [2.75, 3.05) is 0 Å². The van der Waals surface area contributed by atoms with Crippen LogP contribution in [0.5, 0.6) is 0 Å². The van der Waals surface area contributed by atoms with Crippen LogP contribution in [0.2, 0.25) is 0 Å². The van der Waals surface area contributed by atoms with E-state index in [9.17, 15) is 12.8 Å². The minimum Gasteiger partial charge on any atom is -0.229 e. The van der Waals surface area contributed by atoms with E-state index in [0.29, 0.717) is 0 Å². The van der Waals surface area contributed by atoms with E-state index in [1.165, 1.54) is 0 Å². The maximum Gasteiger partial charge on any atom is 0.241 e. The fourth-order valence-electron chi connectivity index (χ4n) is 0. The van der Waals surface area contributed by atoms with Crippen molar-refractivity contribution in [3.8, 4) is 0 Å². The molecule has 1 unspecified atom stereocenters. The standard InChI is InChI=1S/C2H6FNO2S/c1-2(3)7(4,5)6/h2H,1H3,(H2,4,5,6). The van der Waals surface area contributed by atoms with Crippen LogP contribution in [0.25, 0.3) is 0 Å². The van der Waals surface area contributed by atoms with Gasteiger partial charge in [-0.3, -0.25) is 0 Å². The maximum absolute atomic E-state index is 11.5. The second-order valence-corrected chi connectivity index (χ2v) is 2.96. The van der Waals surface area contributed by atoms with Crippen LogP contribution in [0.1, 0.15) is 6.92 Å². The first kappa shape index (κ1) is 6.84. The van der Waals surface area contributed by atoms with Crippen molar-refractivity contribution >= 4 is 10.0 Å². The number of nitrogens with two attached hydrogens (primary N) is 1. The number of halogens is 1. The lowest BCUT2D eigenvalue weighted by Crippen LogP contribution is -2.21. The molecule has 0 heterocycles. The quantitative estimate of drug-likeness (QED) is 0.520. The molecule has 0 spiro atoms. The Bertz CT molecular complexity index is 138. The summed E-state index contributed by atoms with van der Waals surface area (Å²) in [6.07, 6.45) is 0. The fourth-order valence-corrected chi connectivity index (χ4v) is 0. The lowest BCUT2D eigenvalue weighted by molar-refractivity contribution is 0.444. The molecule has 3 nitrogen and oxygen atoms in total. The largest absolute Gasteiger partial charge is 0.241 e. The van der Waals surface area contributed by atoms with Crippen molar-refractivity contribution in [3.63, 3.8) is 0 Å². The van der Waals surface area contributed by atoms with Crippen LogP contribution in [0.3, 0.4) is 0 Å². The van der Waals surface area contributed by atoms with Gasteiger partial charge in [-0.05, 0) is 6.92 Å². The van der Waals surface area contributed by atoms with Crippen LogP contribution in [-0.2, 0) is 10.0 Å². The molecule has 0 aromatic carbocycles. The molecule has 1 atom stereocenters. The van der Waals surface area contributed by atoms with Gasteiger partial charge in [0.1, 0.15) is 0 Å². The Morgan fingerprint density at radius 2 is 1.86 bits per heavy atom. The number of hydrogen-bond donors (Lipinski definition) is 1. The molecule has 0 aliphatic carbocycles. The first-order valence-corrected chi connectivity index (χ1v) is 3.21. The molecule has 0 amide bonds. The zero-order valence-electron chi connectivity index (χ0n) is 3.76. The monoisotopic (exact) mass is 127 g/mol. The molecule has 0 fully saturated rings. The SMILES string of the molecule is CC(F)S(N)(=O)=O. The van der Waals surface area contributed by atoms with Gasteiger partial charge in [-0.1, -0.05) is 0 Å². The van der Waals surface area contributed by atoms with Crippen molar-refractivity contribution in [2.45, 2.75) is 12.4 Å². The van der Waals surface area contributed by atoms with E-state index < -0.39 is 15.5 Å². The summed E-state index contributed by atoms with van der Waals surface area (Å²) >= 11 is 0. The normalized spacial score (nSPS) is 16.4. The molecular formula is C2H6FNO2S. The Morgan fingerprint density at radius 1 is 1.71 bits per heavy atom. The highest BCUT2D eigenvalue weighted by Gasteiger charge is 2.11. The van der Waals surface area contributed by atoms with Gasteiger partial charge < -0.3 is 0 Å². The Balaban J connectivity index is 4.10. The topological polar surface area (TPSA) is 60.2 Å². The van der Waals surface area contributed by atoms with Crippen LogP contribution in [0, 0.1) is 0 Å². The number of sulfonamides is 1. The molecule has 2 N–H and O–H groups in total. The summed E-state index contributed by atoms with van der Waals surface area (Å²) in [7, 11) is -3.91. The summed E-state index contributed by atoms with van der Waals surface area (Å²) in [6, 6.07) is 0. The number of primary sulfonamides is 1. The van der Waals surface area contributed by atoms with Crippen LogP contribution in [0.15, 0.2) is 0 Å². The molecule has 44 valence electrons. The van der Waals surface area contributed by atoms with Crippen LogP contribution < -0.4 is 5.14 Å². The van der Waals surface area contributed by atoms with E-state index in [-0.39, 0.29) is 0 Å². The predicted octanol–water partition coefficient (Wildman–Crippen LogP) is -0.410. The second kappa shape index (κ2) is 1.75. The molecule has 0 radical (unpaired) electrons. The Morgan fingerprint density at radius 3 is 1.86 bits per heavy atom. The first-order valence-electron chi connectivity index (χ1n) is 1.60.